The zero-order chi connectivity index (χ0) is 11.5. The van der Waals surface area contributed by atoms with Crippen LogP contribution in [0.2, 0.25) is 0 Å². The van der Waals surface area contributed by atoms with Gasteiger partial charge in [0.15, 0.2) is 0 Å². The van der Waals surface area contributed by atoms with Crippen molar-refractivity contribution in [1.82, 2.24) is 4.98 Å². The summed E-state index contributed by atoms with van der Waals surface area (Å²) in [4.78, 5) is 15.3. The third kappa shape index (κ3) is 2.33. The molecule has 0 saturated heterocycles. The number of hydrogen-bond acceptors (Lipinski definition) is 5. The van der Waals surface area contributed by atoms with Gasteiger partial charge < -0.3 is 4.74 Å². The molecule has 1 atom stereocenters. The van der Waals surface area contributed by atoms with Gasteiger partial charge in [-0.05, 0) is 12.1 Å². The van der Waals surface area contributed by atoms with Crippen molar-refractivity contribution >= 4 is 15.7 Å². The number of rotatable bonds is 2. The number of ether oxygens (including phenoxy) is 1. The minimum atomic E-state index is -2.62. The van der Waals surface area contributed by atoms with Crippen molar-refractivity contribution in [1.29, 1.82) is 0 Å². The van der Waals surface area contributed by atoms with E-state index in [4.69, 9.17) is 0 Å². The first-order valence-corrected chi connectivity index (χ1v) is 6.09. The Hall–Kier alpha value is -1.43. The maximum absolute atomic E-state index is 12.0. The van der Waals surface area contributed by atoms with Crippen LogP contribution in [-0.4, -0.2) is 35.6 Å². The van der Waals surface area contributed by atoms with Crippen molar-refractivity contribution in [2.24, 2.45) is 4.36 Å². The molecule has 0 amide bonds. The van der Waals surface area contributed by atoms with E-state index < -0.39 is 15.7 Å². The lowest BCUT2D eigenvalue weighted by Gasteiger charge is -2.06. The molecule has 0 spiro atoms. The van der Waals surface area contributed by atoms with Crippen molar-refractivity contribution in [2.75, 3.05) is 20.4 Å². The van der Waals surface area contributed by atoms with Crippen LogP contribution in [-0.2, 0) is 14.5 Å². The third-order valence-electron chi connectivity index (χ3n) is 1.88. The minimum Gasteiger partial charge on any atom is -0.465 e. The minimum absolute atomic E-state index is 0.166. The van der Waals surface area contributed by atoms with E-state index in [-0.39, 0.29) is 10.6 Å². The Morgan fingerprint density at radius 2 is 2.27 bits per heavy atom. The molecular formula is C9H12N2O3S. The molecule has 0 N–H and O–H groups in total. The molecule has 0 bridgehead atoms. The number of carbonyl (C=O) groups excluding carboxylic acids is 1. The Labute approximate surface area is 88.7 Å². The van der Waals surface area contributed by atoms with Gasteiger partial charge in [0.1, 0.15) is 5.03 Å². The van der Waals surface area contributed by atoms with Gasteiger partial charge in [-0.1, -0.05) is 0 Å². The normalized spacial score (nSPS) is 14.1. The molecule has 0 aliphatic rings. The van der Waals surface area contributed by atoms with Crippen LogP contribution in [0, 0.1) is 0 Å². The number of hydrogen-bond donors (Lipinski definition) is 0. The SMILES string of the molecule is CN=[S@](C)(=O)c1ncccc1C(=O)OC. The number of pyridine rings is 1. The number of esters is 1. The molecule has 0 aromatic carbocycles. The van der Waals surface area contributed by atoms with E-state index in [0.29, 0.717) is 0 Å². The van der Waals surface area contributed by atoms with Gasteiger partial charge in [-0.25, -0.2) is 18.4 Å². The molecule has 1 aromatic heterocycles. The second-order valence-corrected chi connectivity index (χ2v) is 5.19. The second kappa shape index (κ2) is 4.39. The Morgan fingerprint density at radius 3 is 2.80 bits per heavy atom. The van der Waals surface area contributed by atoms with Crippen molar-refractivity contribution < 1.29 is 13.7 Å². The summed E-state index contributed by atoms with van der Waals surface area (Å²) in [5.41, 5.74) is 0.193. The first-order chi connectivity index (χ1) is 7.03. The first-order valence-electron chi connectivity index (χ1n) is 4.16. The highest BCUT2D eigenvalue weighted by Crippen LogP contribution is 2.14. The standard InChI is InChI=1S/C9H12N2O3S/c1-10-15(3,13)8-7(9(12)14-2)5-4-6-11-8/h4-6H,1-3H3/t15-/m1/s1. The van der Waals surface area contributed by atoms with Gasteiger partial charge in [0.05, 0.1) is 22.4 Å². The van der Waals surface area contributed by atoms with Crippen LogP contribution in [0.3, 0.4) is 0 Å². The summed E-state index contributed by atoms with van der Waals surface area (Å²) in [6.07, 6.45) is 2.90. The average molecular weight is 228 g/mol. The third-order valence-corrected chi connectivity index (χ3v) is 3.62. The van der Waals surface area contributed by atoms with Gasteiger partial charge in [0.2, 0.25) is 0 Å². The van der Waals surface area contributed by atoms with E-state index in [9.17, 15) is 9.00 Å². The molecule has 0 fully saturated rings. The lowest BCUT2D eigenvalue weighted by molar-refractivity contribution is 0.0595. The summed E-state index contributed by atoms with van der Waals surface area (Å²) in [5.74, 6) is -0.559. The summed E-state index contributed by atoms with van der Waals surface area (Å²) in [5, 5.41) is 0.166. The van der Waals surface area contributed by atoms with Crippen LogP contribution in [0.15, 0.2) is 27.7 Å². The summed E-state index contributed by atoms with van der Waals surface area (Å²) in [6.45, 7) is 0. The van der Waals surface area contributed by atoms with Gasteiger partial charge in [-0.15, -0.1) is 0 Å². The number of carbonyl (C=O) groups is 1. The number of aromatic nitrogens is 1. The van der Waals surface area contributed by atoms with Crippen LogP contribution < -0.4 is 0 Å². The summed E-state index contributed by atoms with van der Waals surface area (Å²) >= 11 is 0. The largest absolute Gasteiger partial charge is 0.465 e. The van der Waals surface area contributed by atoms with Crippen LogP contribution in [0.4, 0.5) is 0 Å². The molecule has 82 valence electrons. The van der Waals surface area contributed by atoms with Crippen molar-refractivity contribution in [3.63, 3.8) is 0 Å². The van der Waals surface area contributed by atoms with Gasteiger partial charge in [0, 0.05) is 19.5 Å². The Morgan fingerprint density at radius 1 is 1.60 bits per heavy atom. The molecule has 1 heterocycles. The fraction of sp³-hybridized carbons (Fsp3) is 0.333. The monoisotopic (exact) mass is 228 g/mol. The average Bonchev–Trinajstić information content (AvgIpc) is 2.28. The predicted molar refractivity (Wildman–Crippen MR) is 56.3 cm³/mol. The van der Waals surface area contributed by atoms with E-state index in [1.54, 1.807) is 6.07 Å². The lowest BCUT2D eigenvalue weighted by Crippen LogP contribution is -2.11. The molecule has 0 saturated carbocycles. The molecular weight excluding hydrogens is 216 g/mol. The maximum Gasteiger partial charge on any atom is 0.340 e. The van der Waals surface area contributed by atoms with Gasteiger partial charge in [-0.3, -0.25) is 0 Å². The Bertz CT molecular complexity index is 490. The number of nitrogens with zero attached hydrogens (tertiary/aromatic N) is 2. The molecule has 0 unspecified atom stereocenters. The molecule has 0 aliphatic carbocycles. The number of methoxy groups -OCH3 is 1. The highest BCUT2D eigenvalue weighted by atomic mass is 32.2. The predicted octanol–water partition coefficient (Wildman–Crippen LogP) is 0.955. The van der Waals surface area contributed by atoms with Crippen molar-refractivity contribution in [3.8, 4) is 0 Å². The van der Waals surface area contributed by atoms with E-state index in [2.05, 4.69) is 14.1 Å². The fourth-order valence-corrected chi connectivity index (χ4v) is 2.03. The highest BCUT2D eigenvalue weighted by molar-refractivity contribution is 7.92. The van der Waals surface area contributed by atoms with E-state index in [1.807, 2.05) is 0 Å². The van der Waals surface area contributed by atoms with Gasteiger partial charge in [-0.2, -0.15) is 0 Å². The van der Waals surface area contributed by atoms with Crippen LogP contribution in [0.1, 0.15) is 10.4 Å². The smallest absolute Gasteiger partial charge is 0.340 e. The highest BCUT2D eigenvalue weighted by Gasteiger charge is 2.18. The van der Waals surface area contributed by atoms with Gasteiger partial charge in [0.25, 0.3) is 0 Å². The maximum atomic E-state index is 12.0. The molecule has 1 rings (SSSR count). The summed E-state index contributed by atoms with van der Waals surface area (Å²) in [6, 6.07) is 3.10. The van der Waals surface area contributed by atoms with Gasteiger partial charge >= 0.3 is 5.97 Å². The Balaban J connectivity index is 3.44. The molecule has 5 nitrogen and oxygen atoms in total. The lowest BCUT2D eigenvalue weighted by atomic mass is 10.3. The van der Waals surface area contributed by atoms with E-state index in [1.165, 1.54) is 32.7 Å². The zero-order valence-corrected chi connectivity index (χ0v) is 9.58. The van der Waals surface area contributed by atoms with Crippen molar-refractivity contribution in [3.05, 3.63) is 23.9 Å². The van der Waals surface area contributed by atoms with Crippen LogP contribution in [0.25, 0.3) is 0 Å². The summed E-state index contributed by atoms with van der Waals surface area (Å²) < 4.78 is 20.3. The molecule has 15 heavy (non-hydrogen) atoms. The van der Waals surface area contributed by atoms with E-state index >= 15 is 0 Å². The van der Waals surface area contributed by atoms with Crippen LogP contribution in [0.5, 0.6) is 0 Å². The summed E-state index contributed by atoms with van der Waals surface area (Å²) in [7, 11) is 0.0713. The second-order valence-electron chi connectivity index (χ2n) is 2.83. The molecule has 6 heteroatoms. The molecule has 0 radical (unpaired) electrons. The van der Waals surface area contributed by atoms with Crippen LogP contribution >= 0.6 is 0 Å². The Kier molecular flexibility index (Phi) is 3.41. The zero-order valence-electron chi connectivity index (χ0n) is 8.76. The molecule has 0 aliphatic heterocycles. The fourth-order valence-electron chi connectivity index (χ4n) is 1.04. The van der Waals surface area contributed by atoms with Crippen molar-refractivity contribution in [2.45, 2.75) is 5.03 Å². The topological polar surface area (TPSA) is 68.6 Å². The first kappa shape index (κ1) is 11.6. The quantitative estimate of drug-likeness (QED) is 0.707. The molecule has 1 aromatic rings. The van der Waals surface area contributed by atoms with E-state index in [0.717, 1.165) is 0 Å².